The number of rotatable bonds is 8. The number of hydrogen-bond donors (Lipinski definition) is 1. The molecule has 1 N–H and O–H groups in total. The summed E-state index contributed by atoms with van der Waals surface area (Å²) in [5.41, 5.74) is 0.455. The Balaban J connectivity index is 1.44. The Morgan fingerprint density at radius 3 is 2.25 bits per heavy atom. The maximum absolute atomic E-state index is 13.9. The van der Waals surface area contributed by atoms with Crippen LogP contribution in [0.5, 0.6) is 17.2 Å². The largest absolute Gasteiger partial charge is 0.497 e. The molecule has 3 aromatic carbocycles. The quantitative estimate of drug-likeness (QED) is 0.379. The van der Waals surface area contributed by atoms with Gasteiger partial charge in [-0.05, 0) is 66.6 Å². The van der Waals surface area contributed by atoms with Crippen LogP contribution in [0.3, 0.4) is 0 Å². The molecule has 2 saturated heterocycles. The highest BCUT2D eigenvalue weighted by Gasteiger charge is 2.43. The van der Waals surface area contributed by atoms with Gasteiger partial charge in [0, 0.05) is 30.8 Å². The van der Waals surface area contributed by atoms with Crippen LogP contribution in [-0.4, -0.2) is 51.6 Å². The van der Waals surface area contributed by atoms with Crippen LogP contribution in [0.15, 0.2) is 66.7 Å². The lowest BCUT2D eigenvalue weighted by Gasteiger charge is -2.41. The van der Waals surface area contributed by atoms with E-state index in [1.54, 1.807) is 47.4 Å². The number of carbonyl (C=O) groups excluding carboxylic acids is 3. The Hall–Kier alpha value is -4.74. The van der Waals surface area contributed by atoms with E-state index in [4.69, 9.17) is 14.2 Å². The first kappa shape index (κ1) is 30.7. The Labute approximate surface area is 252 Å². The Bertz CT molecular complexity index is 1540. The summed E-state index contributed by atoms with van der Waals surface area (Å²) >= 11 is 0. The van der Waals surface area contributed by atoms with Crippen LogP contribution in [-0.2, 0) is 20.6 Å². The van der Waals surface area contributed by atoms with E-state index in [2.05, 4.69) is 5.32 Å². The van der Waals surface area contributed by atoms with E-state index >= 15 is 0 Å². The molecule has 5 rings (SSSR count). The molecule has 3 unspecified atom stereocenters. The molecule has 0 aromatic heterocycles. The van der Waals surface area contributed by atoms with Crippen molar-refractivity contribution in [3.05, 3.63) is 77.9 Å². The lowest BCUT2D eigenvalue weighted by molar-refractivity contribution is -0.137. The summed E-state index contributed by atoms with van der Waals surface area (Å²) in [6, 6.07) is 15.3. The number of alkyl halides is 3. The van der Waals surface area contributed by atoms with Crippen LogP contribution in [0.2, 0.25) is 0 Å². The van der Waals surface area contributed by atoms with E-state index in [9.17, 15) is 27.6 Å². The second kappa shape index (κ2) is 12.5. The van der Waals surface area contributed by atoms with E-state index in [0.717, 1.165) is 12.1 Å². The summed E-state index contributed by atoms with van der Waals surface area (Å²) in [7, 11) is 4.54. The molecule has 232 valence electrons. The second-order valence-electron chi connectivity index (χ2n) is 10.6. The number of carbonyl (C=O) groups is 3. The average molecular weight is 612 g/mol. The smallest absolute Gasteiger partial charge is 0.416 e. The third kappa shape index (κ3) is 6.15. The van der Waals surface area contributed by atoms with Gasteiger partial charge in [-0.3, -0.25) is 14.4 Å². The molecule has 2 fully saturated rings. The highest BCUT2D eigenvalue weighted by atomic mass is 19.4. The monoisotopic (exact) mass is 611 g/mol. The number of anilines is 2. The molecular formula is C32H32F3N3O6. The van der Waals surface area contributed by atoms with Gasteiger partial charge in [-0.15, -0.1) is 0 Å². The van der Waals surface area contributed by atoms with Gasteiger partial charge < -0.3 is 29.3 Å². The van der Waals surface area contributed by atoms with Crippen molar-refractivity contribution in [2.75, 3.05) is 37.7 Å². The van der Waals surface area contributed by atoms with Gasteiger partial charge in [-0.2, -0.15) is 13.2 Å². The first-order valence-corrected chi connectivity index (χ1v) is 14.0. The SMILES string of the molecule is COc1ccc(N2C(=O)CCC(C(=O)NC3CC(=O)N(c4cccc(C(F)(F)F)c4)C3)C2c2ccc(OC)c(OC)c2)cc1. The van der Waals surface area contributed by atoms with Crippen LogP contribution in [0.25, 0.3) is 0 Å². The summed E-state index contributed by atoms with van der Waals surface area (Å²) in [6.07, 6.45) is -4.28. The summed E-state index contributed by atoms with van der Waals surface area (Å²) in [6.45, 7) is 0.0146. The Kier molecular flexibility index (Phi) is 8.70. The minimum Gasteiger partial charge on any atom is -0.497 e. The van der Waals surface area contributed by atoms with Gasteiger partial charge in [0.25, 0.3) is 0 Å². The highest BCUT2D eigenvalue weighted by Crippen LogP contribution is 2.43. The second-order valence-corrected chi connectivity index (χ2v) is 10.6. The number of hydrogen-bond acceptors (Lipinski definition) is 6. The van der Waals surface area contributed by atoms with Gasteiger partial charge in [-0.25, -0.2) is 0 Å². The summed E-state index contributed by atoms with van der Waals surface area (Å²) in [5, 5.41) is 2.94. The van der Waals surface area contributed by atoms with Crippen molar-refractivity contribution >= 4 is 29.1 Å². The first-order valence-electron chi connectivity index (χ1n) is 14.0. The molecule has 2 aliphatic heterocycles. The Morgan fingerprint density at radius 1 is 0.864 bits per heavy atom. The summed E-state index contributed by atoms with van der Waals surface area (Å²) in [4.78, 5) is 43.1. The van der Waals surface area contributed by atoms with Crippen LogP contribution in [0.4, 0.5) is 24.5 Å². The van der Waals surface area contributed by atoms with Gasteiger partial charge in [-0.1, -0.05) is 12.1 Å². The van der Waals surface area contributed by atoms with E-state index in [1.807, 2.05) is 0 Å². The number of halogens is 3. The minimum absolute atomic E-state index is 0.0146. The van der Waals surface area contributed by atoms with Gasteiger partial charge >= 0.3 is 6.18 Å². The van der Waals surface area contributed by atoms with Crippen molar-refractivity contribution in [1.29, 1.82) is 0 Å². The maximum atomic E-state index is 13.9. The fourth-order valence-corrected chi connectivity index (χ4v) is 5.84. The van der Waals surface area contributed by atoms with Crippen molar-refractivity contribution in [3.63, 3.8) is 0 Å². The van der Waals surface area contributed by atoms with Crippen molar-refractivity contribution < 1.29 is 41.8 Å². The lowest BCUT2D eigenvalue weighted by Crippen LogP contribution is -2.50. The predicted molar refractivity (Wildman–Crippen MR) is 156 cm³/mol. The zero-order valence-corrected chi connectivity index (χ0v) is 24.4. The number of methoxy groups -OCH3 is 3. The number of benzene rings is 3. The zero-order chi connectivity index (χ0) is 31.6. The standard InChI is InChI=1S/C32H32F3N3O6/c1-42-24-10-8-22(9-11-24)38-28(39)14-12-25(30(38)19-7-13-26(43-2)27(15-19)44-3)31(41)36-21-17-29(40)37(18-21)23-6-4-5-20(16-23)32(33,34)35/h4-11,13,15-16,21,25,30H,12,14,17-18H2,1-3H3,(H,36,41). The molecular weight excluding hydrogens is 579 g/mol. The van der Waals surface area contributed by atoms with Crippen LogP contribution in [0.1, 0.15) is 36.4 Å². The van der Waals surface area contributed by atoms with Gasteiger partial charge in [0.15, 0.2) is 11.5 Å². The fraction of sp³-hybridized carbons (Fsp3) is 0.344. The van der Waals surface area contributed by atoms with E-state index in [0.29, 0.717) is 28.5 Å². The van der Waals surface area contributed by atoms with Crippen LogP contribution in [0, 0.1) is 5.92 Å². The molecule has 0 bridgehead atoms. The van der Waals surface area contributed by atoms with Crippen molar-refractivity contribution in [3.8, 4) is 17.2 Å². The molecule has 0 saturated carbocycles. The number of amides is 3. The molecule has 3 amide bonds. The number of nitrogens with one attached hydrogen (secondary N) is 1. The molecule has 0 aliphatic carbocycles. The highest BCUT2D eigenvalue weighted by molar-refractivity contribution is 5.99. The zero-order valence-electron chi connectivity index (χ0n) is 24.4. The van der Waals surface area contributed by atoms with E-state index in [1.165, 1.54) is 38.4 Å². The molecule has 44 heavy (non-hydrogen) atoms. The van der Waals surface area contributed by atoms with Crippen molar-refractivity contribution in [2.24, 2.45) is 5.92 Å². The summed E-state index contributed by atoms with van der Waals surface area (Å²) in [5.74, 6) is -0.156. The molecule has 0 radical (unpaired) electrons. The maximum Gasteiger partial charge on any atom is 0.416 e. The fourth-order valence-electron chi connectivity index (χ4n) is 5.84. The summed E-state index contributed by atoms with van der Waals surface area (Å²) < 4.78 is 56.0. The number of piperidine rings is 1. The molecule has 12 heteroatoms. The first-order chi connectivity index (χ1) is 21.0. The van der Waals surface area contributed by atoms with Gasteiger partial charge in [0.05, 0.1) is 44.9 Å². The number of ether oxygens (including phenoxy) is 3. The third-order valence-electron chi connectivity index (χ3n) is 7.99. The van der Waals surface area contributed by atoms with Gasteiger partial charge in [0.2, 0.25) is 17.7 Å². The van der Waals surface area contributed by atoms with Crippen molar-refractivity contribution in [1.82, 2.24) is 5.32 Å². The van der Waals surface area contributed by atoms with E-state index < -0.39 is 35.6 Å². The predicted octanol–water partition coefficient (Wildman–Crippen LogP) is 5.14. The topological polar surface area (TPSA) is 97.4 Å². The number of nitrogens with zero attached hydrogens (tertiary/aromatic N) is 2. The molecule has 0 spiro atoms. The minimum atomic E-state index is -4.56. The molecule has 2 heterocycles. The van der Waals surface area contributed by atoms with Gasteiger partial charge in [0.1, 0.15) is 5.75 Å². The Morgan fingerprint density at radius 2 is 1.59 bits per heavy atom. The molecule has 2 aliphatic rings. The van der Waals surface area contributed by atoms with Crippen molar-refractivity contribution in [2.45, 2.75) is 37.5 Å². The van der Waals surface area contributed by atoms with Crippen LogP contribution >= 0.6 is 0 Å². The third-order valence-corrected chi connectivity index (χ3v) is 7.99. The normalized spacial score (nSPS) is 20.5. The molecule has 9 nitrogen and oxygen atoms in total. The van der Waals surface area contributed by atoms with E-state index in [-0.39, 0.29) is 43.3 Å². The average Bonchev–Trinajstić information content (AvgIpc) is 3.39. The van der Waals surface area contributed by atoms with Crippen LogP contribution < -0.4 is 29.3 Å². The molecule has 3 aromatic rings. The molecule has 3 atom stereocenters. The lowest BCUT2D eigenvalue weighted by atomic mass is 9.82.